The van der Waals surface area contributed by atoms with E-state index in [2.05, 4.69) is 30.9 Å². The van der Waals surface area contributed by atoms with Gasteiger partial charge in [-0.25, -0.2) is 4.39 Å². The summed E-state index contributed by atoms with van der Waals surface area (Å²) < 4.78 is 18.6. The molecular formula is C24H31FN2O2. The number of anilines is 1. The Hall–Kier alpha value is -2.40. The minimum atomic E-state index is -0.278. The molecule has 0 N–H and O–H groups in total. The van der Waals surface area contributed by atoms with Crippen LogP contribution in [0.1, 0.15) is 38.7 Å². The van der Waals surface area contributed by atoms with Crippen LogP contribution >= 0.6 is 0 Å². The number of piperidine rings is 1. The maximum atomic E-state index is 13.4. The average molecular weight is 399 g/mol. The summed E-state index contributed by atoms with van der Waals surface area (Å²) in [6.45, 7) is 6.87. The molecule has 4 nitrogen and oxygen atoms in total. The molecule has 3 rings (SSSR count). The third-order valence-corrected chi connectivity index (χ3v) is 5.44. The molecule has 0 aliphatic carbocycles. The summed E-state index contributed by atoms with van der Waals surface area (Å²) >= 11 is 0. The zero-order valence-corrected chi connectivity index (χ0v) is 17.6. The molecule has 0 radical (unpaired) electrons. The first-order valence-corrected chi connectivity index (χ1v) is 10.4. The predicted molar refractivity (Wildman–Crippen MR) is 115 cm³/mol. The summed E-state index contributed by atoms with van der Waals surface area (Å²) in [6.07, 6.45) is 2.33. The fourth-order valence-corrected chi connectivity index (χ4v) is 3.93. The van der Waals surface area contributed by atoms with Crippen LogP contribution in [0.5, 0.6) is 5.75 Å². The maximum absolute atomic E-state index is 13.4. The van der Waals surface area contributed by atoms with E-state index < -0.39 is 0 Å². The lowest BCUT2D eigenvalue weighted by atomic mass is 9.99. The van der Waals surface area contributed by atoms with Gasteiger partial charge < -0.3 is 9.64 Å². The van der Waals surface area contributed by atoms with Crippen LogP contribution in [-0.2, 0) is 11.3 Å². The monoisotopic (exact) mass is 398 g/mol. The number of nitrogens with zero attached hydrogens (tertiary/aromatic N) is 2. The van der Waals surface area contributed by atoms with Crippen LogP contribution in [0.2, 0.25) is 0 Å². The van der Waals surface area contributed by atoms with E-state index in [1.165, 1.54) is 17.7 Å². The van der Waals surface area contributed by atoms with Crippen LogP contribution in [0.3, 0.4) is 0 Å². The minimum Gasteiger partial charge on any atom is -0.497 e. The second-order valence-electron chi connectivity index (χ2n) is 8.19. The minimum absolute atomic E-state index is 0.125. The molecule has 1 saturated heterocycles. The largest absolute Gasteiger partial charge is 0.497 e. The molecule has 156 valence electrons. The highest BCUT2D eigenvalue weighted by atomic mass is 19.1. The van der Waals surface area contributed by atoms with Crippen molar-refractivity contribution in [2.45, 2.75) is 45.7 Å². The molecule has 5 heteroatoms. The highest BCUT2D eigenvalue weighted by molar-refractivity contribution is 5.94. The number of amides is 1. The molecule has 1 aliphatic heterocycles. The molecule has 1 fully saturated rings. The van der Waals surface area contributed by atoms with Crippen molar-refractivity contribution in [1.29, 1.82) is 0 Å². The number of methoxy groups -OCH3 is 1. The van der Waals surface area contributed by atoms with E-state index in [4.69, 9.17) is 4.74 Å². The van der Waals surface area contributed by atoms with Crippen molar-refractivity contribution < 1.29 is 13.9 Å². The molecule has 0 saturated carbocycles. The van der Waals surface area contributed by atoms with E-state index in [9.17, 15) is 9.18 Å². The first-order chi connectivity index (χ1) is 14.0. The van der Waals surface area contributed by atoms with Gasteiger partial charge in [0.05, 0.1) is 7.11 Å². The molecule has 2 aromatic rings. The molecule has 1 heterocycles. The summed E-state index contributed by atoms with van der Waals surface area (Å²) in [5.74, 6) is 1.01. The molecule has 0 aromatic heterocycles. The SMILES string of the molecule is COc1ccc(CN2CCC(N(C(=O)CC(C)C)c3ccc(F)cc3)CC2)cc1. The second-order valence-corrected chi connectivity index (χ2v) is 8.19. The number of likely N-dealkylation sites (tertiary alicyclic amines) is 1. The molecule has 0 spiro atoms. The van der Waals surface area contributed by atoms with E-state index in [0.717, 1.165) is 43.9 Å². The lowest BCUT2D eigenvalue weighted by Crippen LogP contribution is -2.47. The number of hydrogen-bond acceptors (Lipinski definition) is 3. The van der Waals surface area contributed by atoms with Crippen molar-refractivity contribution in [3.05, 3.63) is 59.9 Å². The van der Waals surface area contributed by atoms with Crippen LogP contribution in [0.4, 0.5) is 10.1 Å². The molecule has 2 aromatic carbocycles. The van der Waals surface area contributed by atoms with Crippen molar-refractivity contribution >= 4 is 11.6 Å². The standard InChI is InChI=1S/C24H31FN2O2/c1-18(2)16-24(28)27(21-8-6-20(25)7-9-21)22-12-14-26(15-13-22)17-19-4-10-23(29-3)11-5-19/h4-11,18,22H,12-17H2,1-3H3. The lowest BCUT2D eigenvalue weighted by molar-refractivity contribution is -0.120. The topological polar surface area (TPSA) is 32.8 Å². The first kappa shape index (κ1) is 21.3. The second kappa shape index (κ2) is 9.88. The van der Waals surface area contributed by atoms with E-state index in [0.29, 0.717) is 12.3 Å². The number of carbonyl (C=O) groups excluding carboxylic acids is 1. The smallest absolute Gasteiger partial charge is 0.227 e. The van der Waals surface area contributed by atoms with Gasteiger partial charge in [0.25, 0.3) is 0 Å². The van der Waals surface area contributed by atoms with Crippen LogP contribution in [-0.4, -0.2) is 37.0 Å². The van der Waals surface area contributed by atoms with Gasteiger partial charge in [0.1, 0.15) is 11.6 Å². The van der Waals surface area contributed by atoms with Gasteiger partial charge >= 0.3 is 0 Å². The Morgan fingerprint density at radius 2 is 1.72 bits per heavy atom. The summed E-state index contributed by atoms with van der Waals surface area (Å²) in [6, 6.07) is 14.6. The van der Waals surface area contributed by atoms with Crippen LogP contribution in [0.15, 0.2) is 48.5 Å². The third-order valence-electron chi connectivity index (χ3n) is 5.44. The van der Waals surface area contributed by atoms with E-state index in [1.54, 1.807) is 19.2 Å². The van der Waals surface area contributed by atoms with Gasteiger partial charge in [0.15, 0.2) is 0 Å². The molecular weight excluding hydrogens is 367 g/mol. The highest BCUT2D eigenvalue weighted by Gasteiger charge is 2.29. The molecule has 29 heavy (non-hydrogen) atoms. The predicted octanol–water partition coefficient (Wildman–Crippen LogP) is 4.88. The van der Waals surface area contributed by atoms with Crippen molar-refractivity contribution in [1.82, 2.24) is 4.90 Å². The molecule has 1 aliphatic rings. The number of benzene rings is 2. The van der Waals surface area contributed by atoms with Gasteiger partial charge in [0, 0.05) is 37.8 Å². The lowest BCUT2D eigenvalue weighted by Gasteiger charge is -2.39. The Morgan fingerprint density at radius 3 is 2.28 bits per heavy atom. The van der Waals surface area contributed by atoms with Crippen molar-refractivity contribution in [2.24, 2.45) is 5.92 Å². The third kappa shape index (κ3) is 5.80. The summed E-state index contributed by atoms with van der Waals surface area (Å²) in [5.41, 5.74) is 2.06. The van der Waals surface area contributed by atoms with E-state index in [-0.39, 0.29) is 17.8 Å². The Bertz CT molecular complexity index is 782. The van der Waals surface area contributed by atoms with Crippen molar-refractivity contribution in [2.75, 3.05) is 25.1 Å². The van der Waals surface area contributed by atoms with Crippen LogP contribution < -0.4 is 9.64 Å². The van der Waals surface area contributed by atoms with Gasteiger partial charge in [-0.3, -0.25) is 9.69 Å². The van der Waals surface area contributed by atoms with E-state index in [1.807, 2.05) is 17.0 Å². The fraction of sp³-hybridized carbons (Fsp3) is 0.458. The summed E-state index contributed by atoms with van der Waals surface area (Å²) in [7, 11) is 1.67. The Labute approximate surface area is 173 Å². The Balaban J connectivity index is 1.65. The summed E-state index contributed by atoms with van der Waals surface area (Å²) in [4.78, 5) is 17.3. The van der Waals surface area contributed by atoms with Gasteiger partial charge in [0.2, 0.25) is 5.91 Å². The Kier molecular flexibility index (Phi) is 7.26. The fourth-order valence-electron chi connectivity index (χ4n) is 3.93. The molecule has 0 bridgehead atoms. The number of carbonyl (C=O) groups is 1. The first-order valence-electron chi connectivity index (χ1n) is 10.4. The average Bonchev–Trinajstić information content (AvgIpc) is 2.71. The quantitative estimate of drug-likeness (QED) is 0.667. The van der Waals surface area contributed by atoms with Crippen LogP contribution in [0, 0.1) is 11.7 Å². The van der Waals surface area contributed by atoms with Crippen LogP contribution in [0.25, 0.3) is 0 Å². The van der Waals surface area contributed by atoms with Gasteiger partial charge in [-0.1, -0.05) is 26.0 Å². The highest BCUT2D eigenvalue weighted by Crippen LogP contribution is 2.27. The van der Waals surface area contributed by atoms with E-state index >= 15 is 0 Å². The maximum Gasteiger partial charge on any atom is 0.227 e. The van der Waals surface area contributed by atoms with Gasteiger partial charge in [-0.2, -0.15) is 0 Å². The zero-order chi connectivity index (χ0) is 20.8. The molecule has 1 amide bonds. The van der Waals surface area contributed by atoms with Gasteiger partial charge in [-0.15, -0.1) is 0 Å². The number of halogens is 1. The number of hydrogen-bond donors (Lipinski definition) is 0. The van der Waals surface area contributed by atoms with Crippen molar-refractivity contribution in [3.8, 4) is 5.75 Å². The molecule has 0 atom stereocenters. The van der Waals surface area contributed by atoms with Gasteiger partial charge in [-0.05, 0) is 60.7 Å². The number of ether oxygens (including phenoxy) is 1. The molecule has 0 unspecified atom stereocenters. The summed E-state index contributed by atoms with van der Waals surface area (Å²) in [5, 5.41) is 0. The number of rotatable bonds is 7. The Morgan fingerprint density at radius 1 is 1.10 bits per heavy atom. The zero-order valence-electron chi connectivity index (χ0n) is 17.6. The normalized spacial score (nSPS) is 15.5. The van der Waals surface area contributed by atoms with Crippen molar-refractivity contribution in [3.63, 3.8) is 0 Å².